The largest absolute Gasteiger partial charge is 0.480 e. The second-order valence-electron chi connectivity index (χ2n) is 7.26. The summed E-state index contributed by atoms with van der Waals surface area (Å²) in [4.78, 5) is 66.4. The number of primary amides is 1. The number of nitrogens with one attached hydrogen (secondary N) is 4. The summed E-state index contributed by atoms with van der Waals surface area (Å²) < 4.78 is 0. The van der Waals surface area contributed by atoms with Crippen molar-refractivity contribution in [2.45, 2.75) is 56.5 Å². The predicted octanol–water partition coefficient (Wildman–Crippen LogP) is -3.61. The molecule has 0 saturated carbocycles. The molecule has 0 radical (unpaired) electrons. The van der Waals surface area contributed by atoms with E-state index < -0.39 is 59.9 Å². The Kier molecular flexibility index (Phi) is 11.3. The number of carbonyl (C=O) groups is 5. The fourth-order valence-electron chi connectivity index (χ4n) is 2.64. The molecular formula is C18H29N7O7S. The number of aromatic nitrogens is 2. The zero-order chi connectivity index (χ0) is 25.1. The molecule has 0 spiro atoms. The molecule has 0 saturated heterocycles. The Morgan fingerprint density at radius 2 is 1.73 bits per heavy atom. The molecule has 33 heavy (non-hydrogen) atoms. The monoisotopic (exact) mass is 487 g/mol. The van der Waals surface area contributed by atoms with Crippen LogP contribution in [0.25, 0.3) is 0 Å². The number of nitrogens with zero attached hydrogens (tertiary/aromatic N) is 1. The van der Waals surface area contributed by atoms with Crippen LogP contribution in [0.15, 0.2) is 12.5 Å². The molecule has 0 aliphatic rings. The molecule has 1 aromatic rings. The maximum atomic E-state index is 12.7. The third-order valence-corrected chi connectivity index (χ3v) is 4.88. The molecule has 0 aliphatic heterocycles. The number of aliphatic hydroxyl groups excluding tert-OH is 1. The van der Waals surface area contributed by atoms with Crippen molar-refractivity contribution in [3.05, 3.63) is 18.2 Å². The molecule has 14 nitrogen and oxygen atoms in total. The van der Waals surface area contributed by atoms with Crippen LogP contribution in [0.2, 0.25) is 0 Å². The van der Waals surface area contributed by atoms with Gasteiger partial charge in [0, 0.05) is 30.5 Å². The number of aromatic amines is 1. The standard InChI is InChI=1S/C18H29N7O7S/c1-8(26)14(18(31)32)25-16(29)11(4-9-5-21-7-22-9)23-17(30)12(6-33)24-15(28)10(19)2-3-13(20)27/h5,7-8,10-12,14,26,33H,2-4,6,19H2,1H3,(H2,20,27)(H,21,22)(H,23,30)(H,24,28)(H,25,29)(H,31,32). The number of rotatable bonds is 14. The third-order valence-electron chi connectivity index (χ3n) is 4.51. The number of carboxylic acids is 1. The lowest BCUT2D eigenvalue weighted by molar-refractivity contribution is -0.145. The van der Waals surface area contributed by atoms with Crippen LogP contribution < -0.4 is 27.4 Å². The van der Waals surface area contributed by atoms with Crippen LogP contribution in [-0.2, 0) is 30.4 Å². The Morgan fingerprint density at radius 1 is 1.12 bits per heavy atom. The summed E-state index contributed by atoms with van der Waals surface area (Å²) in [5.74, 6) is -4.64. The van der Waals surface area contributed by atoms with Crippen molar-refractivity contribution in [1.29, 1.82) is 0 Å². The number of hydrogen-bond acceptors (Lipinski definition) is 9. The predicted molar refractivity (Wildman–Crippen MR) is 118 cm³/mol. The number of H-pyrrole nitrogens is 1. The molecule has 0 aromatic carbocycles. The average Bonchev–Trinajstić information content (AvgIpc) is 3.25. The lowest BCUT2D eigenvalue weighted by Gasteiger charge is -2.25. The van der Waals surface area contributed by atoms with E-state index >= 15 is 0 Å². The Labute approximate surface area is 194 Å². The highest BCUT2D eigenvalue weighted by atomic mass is 32.1. The number of aliphatic hydroxyl groups is 1. The van der Waals surface area contributed by atoms with Crippen LogP contribution in [0.1, 0.15) is 25.5 Å². The van der Waals surface area contributed by atoms with Gasteiger partial charge in [-0.25, -0.2) is 9.78 Å². The van der Waals surface area contributed by atoms with E-state index in [0.717, 1.165) is 0 Å². The van der Waals surface area contributed by atoms with E-state index in [-0.39, 0.29) is 25.0 Å². The lowest BCUT2D eigenvalue weighted by Crippen LogP contribution is -2.59. The Bertz CT molecular complexity index is 834. The summed E-state index contributed by atoms with van der Waals surface area (Å²) in [5.41, 5.74) is 11.2. The molecule has 4 amide bonds. The molecule has 1 heterocycles. The number of carbonyl (C=O) groups excluding carboxylic acids is 4. The molecular weight excluding hydrogens is 458 g/mol. The topological polar surface area (TPSA) is 243 Å². The number of aliphatic carboxylic acids is 1. The first-order valence-electron chi connectivity index (χ1n) is 9.90. The summed E-state index contributed by atoms with van der Waals surface area (Å²) in [6, 6.07) is -5.17. The second-order valence-corrected chi connectivity index (χ2v) is 7.63. The van der Waals surface area contributed by atoms with E-state index in [9.17, 15) is 34.2 Å². The van der Waals surface area contributed by atoms with Crippen LogP contribution >= 0.6 is 12.6 Å². The maximum absolute atomic E-state index is 12.7. The van der Waals surface area contributed by atoms with Crippen molar-refractivity contribution in [3.8, 4) is 0 Å². The first kappa shape index (κ1) is 27.9. The van der Waals surface area contributed by atoms with Crippen molar-refractivity contribution in [2.75, 3.05) is 5.75 Å². The highest BCUT2D eigenvalue weighted by molar-refractivity contribution is 7.80. The van der Waals surface area contributed by atoms with Crippen molar-refractivity contribution in [1.82, 2.24) is 25.9 Å². The minimum Gasteiger partial charge on any atom is -0.480 e. The molecule has 15 heteroatoms. The number of amides is 4. The van der Waals surface area contributed by atoms with E-state index in [4.69, 9.17) is 11.5 Å². The zero-order valence-corrected chi connectivity index (χ0v) is 18.7. The normalized spacial score (nSPS) is 15.4. The molecule has 184 valence electrons. The molecule has 5 unspecified atom stereocenters. The molecule has 0 aliphatic carbocycles. The first-order chi connectivity index (χ1) is 15.5. The summed E-state index contributed by atoms with van der Waals surface area (Å²) in [6.45, 7) is 1.19. The molecule has 0 bridgehead atoms. The van der Waals surface area contributed by atoms with Crippen LogP contribution in [0.4, 0.5) is 0 Å². The van der Waals surface area contributed by atoms with Gasteiger partial charge in [-0.2, -0.15) is 12.6 Å². The van der Waals surface area contributed by atoms with Gasteiger partial charge in [-0.15, -0.1) is 0 Å². The van der Waals surface area contributed by atoms with Gasteiger partial charge in [0.25, 0.3) is 0 Å². The lowest BCUT2D eigenvalue weighted by atomic mass is 10.1. The number of hydrogen-bond donors (Lipinski definition) is 9. The van der Waals surface area contributed by atoms with Gasteiger partial charge in [0.2, 0.25) is 23.6 Å². The molecule has 0 fully saturated rings. The summed E-state index contributed by atoms with van der Waals surface area (Å²) in [6.07, 6.45) is 1.13. The van der Waals surface area contributed by atoms with Gasteiger partial charge in [-0.3, -0.25) is 19.2 Å². The van der Waals surface area contributed by atoms with E-state index in [0.29, 0.717) is 5.69 Å². The van der Waals surface area contributed by atoms with Crippen LogP contribution in [0, 0.1) is 0 Å². The van der Waals surface area contributed by atoms with Crippen LogP contribution in [-0.4, -0.2) is 85.8 Å². The van der Waals surface area contributed by atoms with E-state index in [1.54, 1.807) is 0 Å². The fraction of sp³-hybridized carbons (Fsp3) is 0.556. The van der Waals surface area contributed by atoms with Gasteiger partial charge in [-0.1, -0.05) is 0 Å². The third kappa shape index (κ3) is 9.46. The number of nitrogens with two attached hydrogens (primary N) is 2. The second kappa shape index (κ2) is 13.4. The fourth-order valence-corrected chi connectivity index (χ4v) is 2.90. The van der Waals surface area contributed by atoms with Crippen LogP contribution in [0.3, 0.4) is 0 Å². The van der Waals surface area contributed by atoms with Gasteiger partial charge in [0.05, 0.1) is 18.5 Å². The molecule has 1 rings (SSSR count). The smallest absolute Gasteiger partial charge is 0.328 e. The Balaban J connectivity index is 2.92. The van der Waals surface area contributed by atoms with Crippen molar-refractivity contribution < 1.29 is 34.2 Å². The first-order valence-corrected chi connectivity index (χ1v) is 10.5. The molecule has 10 N–H and O–H groups in total. The Hall–Kier alpha value is -3.17. The van der Waals surface area contributed by atoms with E-state index in [2.05, 4.69) is 38.5 Å². The maximum Gasteiger partial charge on any atom is 0.328 e. The summed E-state index contributed by atoms with van der Waals surface area (Å²) >= 11 is 4.04. The summed E-state index contributed by atoms with van der Waals surface area (Å²) in [5, 5.41) is 25.8. The zero-order valence-electron chi connectivity index (χ0n) is 17.9. The van der Waals surface area contributed by atoms with Crippen molar-refractivity contribution in [3.63, 3.8) is 0 Å². The number of imidazole rings is 1. The number of thiol groups is 1. The van der Waals surface area contributed by atoms with Gasteiger partial charge in [0.15, 0.2) is 6.04 Å². The Morgan fingerprint density at radius 3 is 2.21 bits per heavy atom. The number of carboxylic acid groups (broad SMARTS) is 1. The van der Waals surface area contributed by atoms with Gasteiger partial charge >= 0.3 is 5.97 Å². The van der Waals surface area contributed by atoms with Crippen LogP contribution in [0.5, 0.6) is 0 Å². The van der Waals surface area contributed by atoms with Gasteiger partial charge in [0.1, 0.15) is 12.1 Å². The van der Waals surface area contributed by atoms with Gasteiger partial charge < -0.3 is 42.6 Å². The average molecular weight is 488 g/mol. The molecule has 5 atom stereocenters. The minimum absolute atomic E-state index is 0.0249. The summed E-state index contributed by atoms with van der Waals surface area (Å²) in [7, 11) is 0. The minimum atomic E-state index is -1.61. The molecule has 1 aromatic heterocycles. The van der Waals surface area contributed by atoms with Crippen molar-refractivity contribution in [2.24, 2.45) is 11.5 Å². The van der Waals surface area contributed by atoms with E-state index in [1.807, 2.05) is 0 Å². The SMILES string of the molecule is CC(O)C(NC(=O)C(Cc1cnc[nH]1)NC(=O)C(CS)NC(=O)C(N)CCC(N)=O)C(=O)O. The quantitative estimate of drug-likeness (QED) is 0.117. The highest BCUT2D eigenvalue weighted by Gasteiger charge is 2.32. The van der Waals surface area contributed by atoms with Gasteiger partial charge in [-0.05, 0) is 13.3 Å². The van der Waals surface area contributed by atoms with Crippen molar-refractivity contribution >= 4 is 42.2 Å². The van der Waals surface area contributed by atoms with E-state index in [1.165, 1.54) is 19.4 Å². The highest BCUT2D eigenvalue weighted by Crippen LogP contribution is 2.03.